The van der Waals surface area contributed by atoms with E-state index in [-0.39, 0.29) is 18.0 Å². The SMILES string of the molecule is CN(C)c1cccc2c(S(=O)(=O)NCCNC(=O)[C@H](CCCCN)NC(=O)OC(C)(C)C)cccc12. The summed E-state index contributed by atoms with van der Waals surface area (Å²) in [6.45, 7) is 5.72. The number of nitrogens with two attached hydrogens (primary N) is 1. The second-order valence-corrected chi connectivity index (χ2v) is 11.4. The molecule has 200 valence electrons. The van der Waals surface area contributed by atoms with Gasteiger partial charge in [0.15, 0.2) is 0 Å². The summed E-state index contributed by atoms with van der Waals surface area (Å²) < 4.78 is 33.9. The summed E-state index contributed by atoms with van der Waals surface area (Å²) >= 11 is 0. The van der Waals surface area contributed by atoms with Crippen LogP contribution in [0.3, 0.4) is 0 Å². The van der Waals surface area contributed by atoms with Crippen molar-refractivity contribution in [3.05, 3.63) is 36.4 Å². The van der Waals surface area contributed by atoms with Gasteiger partial charge >= 0.3 is 6.09 Å². The van der Waals surface area contributed by atoms with Crippen LogP contribution in [0.1, 0.15) is 40.0 Å². The minimum atomic E-state index is -3.83. The minimum absolute atomic E-state index is 0.0141. The molecule has 0 aromatic heterocycles. The lowest BCUT2D eigenvalue weighted by Gasteiger charge is -2.23. The van der Waals surface area contributed by atoms with Gasteiger partial charge in [0.2, 0.25) is 15.9 Å². The molecule has 0 aliphatic rings. The highest BCUT2D eigenvalue weighted by molar-refractivity contribution is 7.89. The highest BCUT2D eigenvalue weighted by atomic mass is 32.2. The molecule has 36 heavy (non-hydrogen) atoms. The molecule has 0 aliphatic carbocycles. The Balaban J connectivity index is 2.02. The van der Waals surface area contributed by atoms with Crippen molar-refractivity contribution in [2.24, 2.45) is 5.73 Å². The highest BCUT2D eigenvalue weighted by Crippen LogP contribution is 2.30. The molecule has 1 atom stereocenters. The van der Waals surface area contributed by atoms with E-state index in [0.29, 0.717) is 31.2 Å². The van der Waals surface area contributed by atoms with Crippen molar-refractivity contribution in [3.63, 3.8) is 0 Å². The zero-order valence-corrected chi connectivity index (χ0v) is 22.6. The number of amides is 2. The molecular weight excluding hydrogens is 482 g/mol. The maximum Gasteiger partial charge on any atom is 0.408 e. The number of nitrogens with one attached hydrogen (secondary N) is 3. The first-order valence-corrected chi connectivity index (χ1v) is 13.5. The van der Waals surface area contributed by atoms with Crippen LogP contribution in [0, 0.1) is 0 Å². The van der Waals surface area contributed by atoms with E-state index in [1.807, 2.05) is 37.2 Å². The van der Waals surface area contributed by atoms with Crippen molar-refractivity contribution in [1.82, 2.24) is 15.4 Å². The third kappa shape index (κ3) is 8.65. The van der Waals surface area contributed by atoms with Gasteiger partial charge in [-0.25, -0.2) is 17.9 Å². The molecule has 0 saturated carbocycles. The van der Waals surface area contributed by atoms with Crippen LogP contribution in [0.15, 0.2) is 41.3 Å². The van der Waals surface area contributed by atoms with Crippen molar-refractivity contribution in [3.8, 4) is 0 Å². The number of anilines is 1. The molecule has 0 bridgehead atoms. The summed E-state index contributed by atoms with van der Waals surface area (Å²) in [6, 6.07) is 9.85. The summed E-state index contributed by atoms with van der Waals surface area (Å²) in [4.78, 5) is 27.0. The summed E-state index contributed by atoms with van der Waals surface area (Å²) in [5, 5.41) is 6.72. The van der Waals surface area contributed by atoms with Gasteiger partial charge in [0.1, 0.15) is 11.6 Å². The summed E-state index contributed by atoms with van der Waals surface area (Å²) in [6.07, 6.45) is 1.05. The fourth-order valence-electron chi connectivity index (χ4n) is 3.67. The van der Waals surface area contributed by atoms with Crippen LogP contribution >= 0.6 is 0 Å². The number of carbonyl (C=O) groups is 2. The monoisotopic (exact) mass is 521 g/mol. The van der Waals surface area contributed by atoms with Crippen LogP contribution in [-0.4, -0.2) is 65.8 Å². The lowest BCUT2D eigenvalue weighted by molar-refractivity contribution is -0.123. The van der Waals surface area contributed by atoms with E-state index in [9.17, 15) is 18.0 Å². The van der Waals surface area contributed by atoms with Crippen molar-refractivity contribution >= 4 is 38.5 Å². The molecular formula is C25H39N5O5S. The molecule has 0 unspecified atom stereocenters. The van der Waals surface area contributed by atoms with Gasteiger partial charge in [-0.2, -0.15) is 0 Å². The van der Waals surface area contributed by atoms with E-state index in [1.54, 1.807) is 39.0 Å². The van der Waals surface area contributed by atoms with Gasteiger partial charge in [0, 0.05) is 43.6 Å². The lowest BCUT2D eigenvalue weighted by Crippen LogP contribution is -2.49. The molecule has 0 aliphatic heterocycles. The molecule has 2 amide bonds. The van der Waals surface area contributed by atoms with Gasteiger partial charge in [-0.1, -0.05) is 24.3 Å². The Morgan fingerprint density at radius 3 is 2.33 bits per heavy atom. The summed E-state index contributed by atoms with van der Waals surface area (Å²) in [5.41, 5.74) is 5.75. The third-order valence-electron chi connectivity index (χ3n) is 5.30. The Morgan fingerprint density at radius 2 is 1.69 bits per heavy atom. The molecule has 11 heteroatoms. The Hall–Kier alpha value is -2.89. The van der Waals surface area contributed by atoms with Gasteiger partial charge in [-0.3, -0.25) is 4.79 Å². The number of hydrogen-bond donors (Lipinski definition) is 4. The van der Waals surface area contributed by atoms with E-state index in [2.05, 4.69) is 15.4 Å². The number of alkyl carbamates (subject to hydrolysis) is 1. The summed E-state index contributed by atoms with van der Waals surface area (Å²) in [5.74, 6) is -0.419. The molecule has 0 heterocycles. The van der Waals surface area contributed by atoms with Crippen molar-refractivity contribution < 1.29 is 22.7 Å². The van der Waals surface area contributed by atoms with Crippen LogP contribution in [0.25, 0.3) is 10.8 Å². The second-order valence-electron chi connectivity index (χ2n) is 9.69. The van der Waals surface area contributed by atoms with E-state index < -0.39 is 33.7 Å². The van der Waals surface area contributed by atoms with Crippen LogP contribution in [-0.2, 0) is 19.6 Å². The number of ether oxygens (including phenoxy) is 1. The smallest absolute Gasteiger partial charge is 0.408 e. The van der Waals surface area contributed by atoms with E-state index in [1.165, 1.54) is 0 Å². The maximum atomic E-state index is 13.0. The largest absolute Gasteiger partial charge is 0.444 e. The Morgan fingerprint density at radius 1 is 1.03 bits per heavy atom. The quantitative estimate of drug-likeness (QED) is 0.314. The third-order valence-corrected chi connectivity index (χ3v) is 6.82. The first kappa shape index (κ1) is 29.3. The van der Waals surface area contributed by atoms with Crippen molar-refractivity contribution in [2.75, 3.05) is 38.6 Å². The standard InChI is InChI=1S/C25H39N5O5S/c1-25(2,3)35-24(32)29-20(12-6-7-15-26)23(31)27-16-17-28-36(33,34)22-14-9-10-18-19(22)11-8-13-21(18)30(4)5/h8-11,13-14,20,28H,6-7,12,15-17,26H2,1-5H3,(H,27,31)(H,29,32)/t20-/m0/s1. The molecule has 5 N–H and O–H groups in total. The first-order valence-electron chi connectivity index (χ1n) is 12.0. The van der Waals surface area contributed by atoms with Gasteiger partial charge < -0.3 is 26.0 Å². The Kier molecular flexibility index (Phi) is 10.5. The molecule has 2 aromatic carbocycles. The van der Waals surface area contributed by atoms with Crippen LogP contribution in [0.4, 0.5) is 10.5 Å². The predicted molar refractivity (Wildman–Crippen MR) is 143 cm³/mol. The molecule has 2 aromatic rings. The highest BCUT2D eigenvalue weighted by Gasteiger charge is 2.24. The van der Waals surface area contributed by atoms with Crippen LogP contribution in [0.2, 0.25) is 0 Å². The molecule has 0 spiro atoms. The molecule has 0 saturated heterocycles. The average Bonchev–Trinajstić information content (AvgIpc) is 2.79. The lowest BCUT2D eigenvalue weighted by atomic mass is 10.1. The molecule has 0 fully saturated rings. The number of unbranched alkanes of at least 4 members (excludes halogenated alkanes) is 1. The van der Waals surface area contributed by atoms with E-state index >= 15 is 0 Å². The number of carbonyl (C=O) groups excluding carboxylic acids is 2. The Labute approximate surface area is 214 Å². The number of benzene rings is 2. The zero-order chi connectivity index (χ0) is 26.9. The minimum Gasteiger partial charge on any atom is -0.444 e. The number of hydrogen-bond acceptors (Lipinski definition) is 7. The zero-order valence-electron chi connectivity index (χ0n) is 21.8. The number of rotatable bonds is 12. The normalized spacial score (nSPS) is 12.7. The van der Waals surface area contributed by atoms with Gasteiger partial charge in [0.25, 0.3) is 0 Å². The maximum absolute atomic E-state index is 13.0. The fourth-order valence-corrected chi connectivity index (χ4v) is 4.92. The number of nitrogens with zero attached hydrogens (tertiary/aromatic N) is 1. The molecule has 10 nitrogen and oxygen atoms in total. The first-order chi connectivity index (χ1) is 16.9. The van der Waals surface area contributed by atoms with E-state index in [4.69, 9.17) is 10.5 Å². The molecule has 2 rings (SSSR count). The van der Waals surface area contributed by atoms with Crippen molar-refractivity contribution in [2.45, 2.75) is 56.6 Å². The second kappa shape index (κ2) is 12.9. The van der Waals surface area contributed by atoms with Gasteiger partial charge in [-0.05, 0) is 58.7 Å². The van der Waals surface area contributed by atoms with E-state index in [0.717, 1.165) is 11.1 Å². The molecule has 0 radical (unpaired) electrons. The topological polar surface area (TPSA) is 143 Å². The van der Waals surface area contributed by atoms with Gasteiger partial charge in [0.05, 0.1) is 4.90 Å². The number of fused-ring (bicyclic) bond motifs is 1. The average molecular weight is 522 g/mol. The number of sulfonamides is 1. The summed E-state index contributed by atoms with van der Waals surface area (Å²) in [7, 11) is -0.0266. The fraction of sp³-hybridized carbons (Fsp3) is 0.520. The van der Waals surface area contributed by atoms with Crippen LogP contribution in [0.5, 0.6) is 0 Å². The van der Waals surface area contributed by atoms with Gasteiger partial charge in [-0.15, -0.1) is 0 Å². The van der Waals surface area contributed by atoms with Crippen molar-refractivity contribution in [1.29, 1.82) is 0 Å². The predicted octanol–water partition coefficient (Wildman–Crippen LogP) is 2.32. The van der Waals surface area contributed by atoms with Crippen LogP contribution < -0.4 is 26.0 Å². The Bertz CT molecular complexity index is 1150.